The summed E-state index contributed by atoms with van der Waals surface area (Å²) in [6.45, 7) is 7.52. The van der Waals surface area contributed by atoms with Crippen LogP contribution >= 0.6 is 11.3 Å². The van der Waals surface area contributed by atoms with E-state index < -0.39 is 0 Å². The monoisotopic (exact) mass is 478 g/mol. The van der Waals surface area contributed by atoms with Crippen LogP contribution in [0.15, 0.2) is 24.3 Å². The van der Waals surface area contributed by atoms with Gasteiger partial charge in [-0.25, -0.2) is 9.97 Å². The normalized spacial score (nSPS) is 18.3. The topological polar surface area (TPSA) is 58.6 Å². The van der Waals surface area contributed by atoms with Crippen molar-refractivity contribution in [1.82, 2.24) is 14.9 Å². The van der Waals surface area contributed by atoms with E-state index in [9.17, 15) is 4.79 Å². The van der Waals surface area contributed by atoms with Gasteiger partial charge >= 0.3 is 0 Å². The van der Waals surface area contributed by atoms with E-state index in [2.05, 4.69) is 18.7 Å². The second-order valence-electron chi connectivity index (χ2n) is 9.61. The van der Waals surface area contributed by atoms with Gasteiger partial charge in [0.2, 0.25) is 0 Å². The molecule has 1 aliphatic heterocycles. The van der Waals surface area contributed by atoms with Gasteiger partial charge in [0.25, 0.3) is 5.91 Å². The number of hydrogen-bond donors (Lipinski definition) is 0. The number of amides is 1. The predicted octanol–water partition coefficient (Wildman–Crippen LogP) is 5.13. The number of nitrogens with zero attached hydrogens (tertiary/aromatic N) is 4. The van der Waals surface area contributed by atoms with Crippen LogP contribution in [0, 0.1) is 5.92 Å². The van der Waals surface area contributed by atoms with Gasteiger partial charge < -0.3 is 14.5 Å². The van der Waals surface area contributed by atoms with E-state index in [1.54, 1.807) is 7.11 Å². The summed E-state index contributed by atoms with van der Waals surface area (Å²) in [5.74, 6) is 3.58. The molecule has 1 atom stereocenters. The first-order valence-corrected chi connectivity index (χ1v) is 13.4. The van der Waals surface area contributed by atoms with Crippen molar-refractivity contribution >= 4 is 33.3 Å². The Hall–Kier alpha value is -2.67. The number of carbonyl (C=O) groups excluding carboxylic acids is 1. The number of unbranched alkanes of at least 4 members (excludes halogenated alkanes) is 1. The molecule has 3 aromatic rings. The Bertz CT molecular complexity index is 1180. The number of anilines is 1. The van der Waals surface area contributed by atoms with Gasteiger partial charge in [-0.05, 0) is 55.4 Å². The van der Waals surface area contributed by atoms with Crippen molar-refractivity contribution in [3.63, 3.8) is 0 Å². The van der Waals surface area contributed by atoms with Crippen LogP contribution in [-0.4, -0.2) is 54.1 Å². The zero-order valence-corrected chi connectivity index (χ0v) is 21.3. The maximum absolute atomic E-state index is 13.1. The van der Waals surface area contributed by atoms with Crippen LogP contribution in [0.3, 0.4) is 0 Å². The Balaban J connectivity index is 1.41. The zero-order valence-electron chi connectivity index (χ0n) is 20.5. The van der Waals surface area contributed by atoms with Crippen molar-refractivity contribution in [1.29, 1.82) is 0 Å². The summed E-state index contributed by atoms with van der Waals surface area (Å²) in [6.07, 6.45) is 6.68. The summed E-state index contributed by atoms with van der Waals surface area (Å²) in [6, 6.07) is 7.43. The second kappa shape index (κ2) is 9.90. The minimum atomic E-state index is 0.0666. The smallest absolute Gasteiger partial charge is 0.254 e. The van der Waals surface area contributed by atoms with E-state index in [-0.39, 0.29) is 5.91 Å². The fourth-order valence-electron chi connectivity index (χ4n) is 5.10. The predicted molar refractivity (Wildman–Crippen MR) is 138 cm³/mol. The quantitative estimate of drug-likeness (QED) is 0.492. The Morgan fingerprint density at radius 1 is 1.21 bits per heavy atom. The fraction of sp³-hybridized carbons (Fsp3) is 0.519. The SMILES string of the molecule is CCCCc1nc(N2CCN(C(=O)c3cccc(OC)c3)CC2)c2c3c(sc2n1)CC(C)CC3. The molecule has 34 heavy (non-hydrogen) atoms. The van der Waals surface area contributed by atoms with Crippen molar-refractivity contribution in [2.24, 2.45) is 5.92 Å². The number of benzene rings is 1. The summed E-state index contributed by atoms with van der Waals surface area (Å²) in [7, 11) is 1.63. The number of aromatic nitrogens is 2. The van der Waals surface area contributed by atoms with Gasteiger partial charge in [0.1, 0.15) is 22.2 Å². The molecule has 0 spiro atoms. The van der Waals surface area contributed by atoms with Crippen LogP contribution in [0.4, 0.5) is 5.82 Å². The second-order valence-corrected chi connectivity index (χ2v) is 10.7. The molecule has 1 aliphatic carbocycles. The number of aryl methyl sites for hydroxylation is 2. The van der Waals surface area contributed by atoms with E-state index in [1.165, 1.54) is 22.2 Å². The lowest BCUT2D eigenvalue weighted by molar-refractivity contribution is 0.0746. The number of rotatable bonds is 6. The first-order chi connectivity index (χ1) is 16.6. The molecule has 7 heteroatoms. The Kier molecular flexibility index (Phi) is 6.73. The Morgan fingerprint density at radius 3 is 2.79 bits per heavy atom. The third-order valence-corrected chi connectivity index (χ3v) is 8.27. The van der Waals surface area contributed by atoms with Gasteiger partial charge in [-0.2, -0.15) is 0 Å². The van der Waals surface area contributed by atoms with Crippen molar-refractivity contribution in [3.8, 4) is 5.75 Å². The summed E-state index contributed by atoms with van der Waals surface area (Å²) < 4.78 is 5.30. The summed E-state index contributed by atoms with van der Waals surface area (Å²) in [5.41, 5.74) is 2.16. The molecular weight excluding hydrogens is 444 g/mol. The highest BCUT2D eigenvalue weighted by atomic mass is 32.1. The highest BCUT2D eigenvalue weighted by Crippen LogP contribution is 2.41. The average Bonchev–Trinajstić information content (AvgIpc) is 3.24. The van der Waals surface area contributed by atoms with Crippen LogP contribution < -0.4 is 9.64 Å². The van der Waals surface area contributed by atoms with Crippen molar-refractivity contribution in [2.75, 3.05) is 38.2 Å². The van der Waals surface area contributed by atoms with Crippen molar-refractivity contribution in [2.45, 2.75) is 52.4 Å². The minimum Gasteiger partial charge on any atom is -0.497 e. The Morgan fingerprint density at radius 2 is 2.03 bits per heavy atom. The molecule has 1 aromatic carbocycles. The summed E-state index contributed by atoms with van der Waals surface area (Å²) in [4.78, 5) is 30.2. The first-order valence-electron chi connectivity index (χ1n) is 12.6. The van der Waals surface area contributed by atoms with Gasteiger partial charge in [-0.3, -0.25) is 4.79 Å². The molecule has 180 valence electrons. The number of ether oxygens (including phenoxy) is 1. The molecule has 1 saturated heterocycles. The molecular formula is C27H34N4O2S. The molecule has 1 fully saturated rings. The van der Waals surface area contributed by atoms with E-state index in [0.29, 0.717) is 24.4 Å². The lowest BCUT2D eigenvalue weighted by atomic mass is 9.89. The van der Waals surface area contributed by atoms with Crippen LogP contribution in [0.2, 0.25) is 0 Å². The maximum Gasteiger partial charge on any atom is 0.254 e. The van der Waals surface area contributed by atoms with Crippen molar-refractivity contribution in [3.05, 3.63) is 46.1 Å². The molecule has 6 nitrogen and oxygen atoms in total. The maximum atomic E-state index is 13.1. The van der Waals surface area contributed by atoms with Crippen LogP contribution in [0.1, 0.15) is 59.7 Å². The van der Waals surface area contributed by atoms with E-state index in [0.717, 1.165) is 67.6 Å². The lowest BCUT2D eigenvalue weighted by Gasteiger charge is -2.36. The van der Waals surface area contributed by atoms with Crippen LogP contribution in [0.25, 0.3) is 10.2 Å². The number of thiophene rings is 1. The van der Waals surface area contributed by atoms with Crippen molar-refractivity contribution < 1.29 is 9.53 Å². The Labute approximate surface area is 206 Å². The van der Waals surface area contributed by atoms with Crippen LogP contribution in [-0.2, 0) is 19.3 Å². The number of hydrogen-bond acceptors (Lipinski definition) is 6. The largest absolute Gasteiger partial charge is 0.497 e. The third kappa shape index (κ3) is 4.50. The van der Waals surface area contributed by atoms with Gasteiger partial charge in [-0.15, -0.1) is 11.3 Å². The molecule has 0 radical (unpaired) electrons. The fourth-order valence-corrected chi connectivity index (χ4v) is 6.50. The molecule has 1 unspecified atom stereocenters. The summed E-state index contributed by atoms with van der Waals surface area (Å²) >= 11 is 1.88. The van der Waals surface area contributed by atoms with Gasteiger partial charge in [-0.1, -0.05) is 26.3 Å². The van der Waals surface area contributed by atoms with E-state index in [1.807, 2.05) is 40.5 Å². The number of piperazine rings is 1. The lowest BCUT2D eigenvalue weighted by Crippen LogP contribution is -2.49. The molecule has 1 amide bonds. The molecule has 3 heterocycles. The zero-order chi connectivity index (χ0) is 23.7. The molecule has 2 aliphatic rings. The molecule has 2 aromatic heterocycles. The standard InChI is InChI=1S/C27H34N4O2S/c1-4-5-9-23-28-25(24-21-11-10-18(2)16-22(21)34-26(24)29-23)30-12-14-31(15-13-30)27(32)19-7-6-8-20(17-19)33-3/h6-8,17-18H,4-5,9-16H2,1-3H3. The first kappa shape index (κ1) is 23.1. The number of methoxy groups -OCH3 is 1. The van der Waals surface area contributed by atoms with E-state index in [4.69, 9.17) is 14.7 Å². The molecule has 0 bridgehead atoms. The van der Waals surface area contributed by atoms with E-state index >= 15 is 0 Å². The number of carbonyl (C=O) groups is 1. The average molecular weight is 479 g/mol. The van der Waals surface area contributed by atoms with Gasteiger partial charge in [0.05, 0.1) is 12.5 Å². The van der Waals surface area contributed by atoms with Gasteiger partial charge in [0, 0.05) is 43.0 Å². The van der Waals surface area contributed by atoms with Gasteiger partial charge in [0.15, 0.2) is 0 Å². The highest BCUT2D eigenvalue weighted by Gasteiger charge is 2.29. The minimum absolute atomic E-state index is 0.0666. The van der Waals surface area contributed by atoms with Crippen LogP contribution in [0.5, 0.6) is 5.75 Å². The molecule has 0 N–H and O–H groups in total. The third-order valence-electron chi connectivity index (χ3n) is 7.12. The molecule has 0 saturated carbocycles. The molecule has 5 rings (SSSR count). The highest BCUT2D eigenvalue weighted by molar-refractivity contribution is 7.19. The number of fused-ring (bicyclic) bond motifs is 3. The summed E-state index contributed by atoms with van der Waals surface area (Å²) in [5, 5.41) is 1.28.